The number of nitrogens with one attached hydrogen (secondary N) is 1. The van der Waals surface area contributed by atoms with Gasteiger partial charge in [0, 0.05) is 5.69 Å². The Labute approximate surface area is 200 Å². The molecule has 3 rings (SSSR count). The molecule has 0 aliphatic carbocycles. The first-order valence-electron chi connectivity index (χ1n) is 9.66. The first-order valence-corrected chi connectivity index (χ1v) is 10.9. The van der Waals surface area contributed by atoms with Gasteiger partial charge in [-0.2, -0.15) is 0 Å². The van der Waals surface area contributed by atoms with Crippen molar-refractivity contribution in [2.75, 3.05) is 32.7 Å². The Bertz CT molecular complexity index is 1130. The van der Waals surface area contributed by atoms with Crippen molar-refractivity contribution in [2.24, 2.45) is 0 Å². The molecule has 1 aliphatic heterocycles. The molecular weight excluding hydrogens is 468 g/mol. The highest BCUT2D eigenvalue weighted by molar-refractivity contribution is 8.18. The van der Waals surface area contributed by atoms with E-state index >= 15 is 0 Å². The summed E-state index contributed by atoms with van der Waals surface area (Å²) in [6.45, 7) is 3.49. The van der Waals surface area contributed by atoms with Gasteiger partial charge in [0.1, 0.15) is 18.9 Å². The summed E-state index contributed by atoms with van der Waals surface area (Å²) in [6.07, 6.45) is 3.18. The Morgan fingerprint density at radius 3 is 2.52 bits per heavy atom. The third kappa shape index (κ3) is 5.88. The Hall–Kier alpha value is -3.43. The van der Waals surface area contributed by atoms with E-state index in [1.54, 1.807) is 42.5 Å². The maximum absolute atomic E-state index is 12.7. The van der Waals surface area contributed by atoms with E-state index in [0.717, 1.165) is 16.7 Å². The number of imide groups is 1. The Balaban J connectivity index is 1.70. The van der Waals surface area contributed by atoms with Crippen LogP contribution in [0.15, 0.2) is 54.0 Å². The lowest BCUT2D eigenvalue weighted by Gasteiger charge is -2.13. The Kier molecular flexibility index (Phi) is 8.02. The van der Waals surface area contributed by atoms with E-state index in [9.17, 15) is 14.4 Å². The second kappa shape index (κ2) is 10.9. The van der Waals surface area contributed by atoms with Crippen LogP contribution in [0.5, 0.6) is 17.2 Å². The van der Waals surface area contributed by atoms with Crippen LogP contribution in [-0.2, 0) is 9.59 Å². The van der Waals surface area contributed by atoms with E-state index in [-0.39, 0.29) is 4.91 Å². The van der Waals surface area contributed by atoms with Crippen LogP contribution in [-0.4, -0.2) is 49.3 Å². The van der Waals surface area contributed by atoms with Crippen molar-refractivity contribution < 1.29 is 28.6 Å². The van der Waals surface area contributed by atoms with Crippen molar-refractivity contribution in [3.05, 3.63) is 64.5 Å². The molecule has 1 N–H and O–H groups in total. The van der Waals surface area contributed by atoms with Gasteiger partial charge in [-0.1, -0.05) is 30.3 Å². The maximum Gasteiger partial charge on any atom is 0.294 e. The van der Waals surface area contributed by atoms with Gasteiger partial charge in [0.05, 0.1) is 24.1 Å². The number of thioether (sulfide) groups is 1. The largest absolute Gasteiger partial charge is 0.495 e. The summed E-state index contributed by atoms with van der Waals surface area (Å²) in [5, 5.41) is 2.40. The van der Waals surface area contributed by atoms with E-state index in [0.29, 0.717) is 40.1 Å². The zero-order valence-corrected chi connectivity index (χ0v) is 19.5. The molecule has 33 heavy (non-hydrogen) atoms. The molecular formula is C23H21ClN2O6S. The molecule has 0 saturated carbocycles. The molecule has 1 aliphatic rings. The number of ether oxygens (including phenoxy) is 3. The topological polar surface area (TPSA) is 94.2 Å². The van der Waals surface area contributed by atoms with Gasteiger partial charge >= 0.3 is 0 Å². The number of hydrogen-bond acceptors (Lipinski definition) is 7. The molecule has 0 spiro atoms. The van der Waals surface area contributed by atoms with Crippen LogP contribution in [0.25, 0.3) is 6.08 Å². The van der Waals surface area contributed by atoms with Crippen molar-refractivity contribution in [3.63, 3.8) is 0 Å². The quantitative estimate of drug-likeness (QED) is 0.407. The first kappa shape index (κ1) is 24.2. The lowest BCUT2D eigenvalue weighted by Crippen LogP contribution is -2.36. The zero-order valence-electron chi connectivity index (χ0n) is 17.9. The zero-order chi connectivity index (χ0) is 24.0. The van der Waals surface area contributed by atoms with Gasteiger partial charge in [-0.15, -0.1) is 0 Å². The summed E-state index contributed by atoms with van der Waals surface area (Å²) in [5.74, 6) is 0.368. The number of methoxy groups -OCH3 is 2. The van der Waals surface area contributed by atoms with Crippen molar-refractivity contribution in [1.29, 1.82) is 0 Å². The average molecular weight is 489 g/mol. The highest BCUT2D eigenvalue weighted by Gasteiger charge is 2.36. The molecule has 1 heterocycles. The minimum atomic E-state index is -0.557. The second-order valence-corrected chi connectivity index (χ2v) is 8.08. The van der Waals surface area contributed by atoms with Crippen molar-refractivity contribution >= 4 is 52.2 Å². The summed E-state index contributed by atoms with van der Waals surface area (Å²) in [5.41, 5.74) is 1.06. The summed E-state index contributed by atoms with van der Waals surface area (Å²) in [4.78, 5) is 38.6. The molecule has 2 aromatic carbocycles. The standard InChI is InChI=1S/C23H21ClN2O6S/c1-4-9-32-18-7-5-14(10-19(18)31-3)11-20-22(28)26(23(29)33-20)13-21(27)25-15-6-8-17(30-2)16(24)12-15/h4-8,10-12H,1,9,13H2,2-3H3,(H,25,27). The first-order chi connectivity index (χ1) is 15.9. The smallest absolute Gasteiger partial charge is 0.294 e. The number of nitrogens with zero attached hydrogens (tertiary/aromatic N) is 1. The molecule has 0 atom stereocenters. The number of amides is 3. The monoisotopic (exact) mass is 488 g/mol. The fourth-order valence-corrected chi connectivity index (χ4v) is 4.01. The van der Waals surface area contributed by atoms with Gasteiger partial charge in [-0.3, -0.25) is 19.3 Å². The maximum atomic E-state index is 12.7. The summed E-state index contributed by atoms with van der Waals surface area (Å²) >= 11 is 6.81. The molecule has 0 bridgehead atoms. The Morgan fingerprint density at radius 2 is 1.85 bits per heavy atom. The van der Waals surface area contributed by atoms with E-state index in [1.165, 1.54) is 20.3 Å². The van der Waals surface area contributed by atoms with Crippen molar-refractivity contribution in [3.8, 4) is 17.2 Å². The molecule has 0 radical (unpaired) electrons. The van der Waals surface area contributed by atoms with Crippen molar-refractivity contribution in [1.82, 2.24) is 4.90 Å². The average Bonchev–Trinajstić information content (AvgIpc) is 3.05. The lowest BCUT2D eigenvalue weighted by atomic mass is 10.2. The van der Waals surface area contributed by atoms with Gasteiger partial charge in [0.25, 0.3) is 11.1 Å². The fourth-order valence-electron chi connectivity index (χ4n) is 2.92. The third-order valence-corrected chi connectivity index (χ3v) is 5.66. The lowest BCUT2D eigenvalue weighted by molar-refractivity contribution is -0.127. The van der Waals surface area contributed by atoms with E-state index in [4.69, 9.17) is 25.8 Å². The summed E-state index contributed by atoms with van der Waals surface area (Å²) < 4.78 is 15.9. The predicted octanol–water partition coefficient (Wildman–Crippen LogP) is 4.60. The molecule has 8 nitrogen and oxygen atoms in total. The molecule has 2 aromatic rings. The molecule has 3 amide bonds. The molecule has 1 saturated heterocycles. The van der Waals surface area contributed by atoms with E-state index in [1.807, 2.05) is 0 Å². The van der Waals surface area contributed by atoms with Gasteiger partial charge in [0.15, 0.2) is 11.5 Å². The molecule has 0 unspecified atom stereocenters. The van der Waals surface area contributed by atoms with Crippen LogP contribution in [0.1, 0.15) is 5.56 Å². The van der Waals surface area contributed by atoms with Gasteiger partial charge in [0.2, 0.25) is 5.91 Å². The van der Waals surface area contributed by atoms with E-state index in [2.05, 4.69) is 11.9 Å². The van der Waals surface area contributed by atoms with Crippen LogP contribution in [0.3, 0.4) is 0 Å². The normalized spacial score (nSPS) is 14.4. The van der Waals surface area contributed by atoms with Crippen LogP contribution >= 0.6 is 23.4 Å². The molecule has 10 heteroatoms. The van der Waals surface area contributed by atoms with Gasteiger partial charge in [-0.25, -0.2) is 0 Å². The van der Waals surface area contributed by atoms with Gasteiger partial charge in [-0.05, 0) is 53.7 Å². The van der Waals surface area contributed by atoms with Gasteiger partial charge < -0.3 is 19.5 Å². The highest BCUT2D eigenvalue weighted by Crippen LogP contribution is 2.34. The number of carbonyl (C=O) groups excluding carboxylic acids is 3. The van der Waals surface area contributed by atoms with Crippen LogP contribution < -0.4 is 19.5 Å². The number of hydrogen-bond donors (Lipinski definition) is 1. The highest BCUT2D eigenvalue weighted by atomic mass is 35.5. The number of rotatable bonds is 9. The molecule has 0 aromatic heterocycles. The molecule has 1 fully saturated rings. The van der Waals surface area contributed by atoms with E-state index < -0.39 is 23.6 Å². The Morgan fingerprint density at radius 1 is 1.12 bits per heavy atom. The number of halogens is 1. The van der Waals surface area contributed by atoms with Crippen LogP contribution in [0.4, 0.5) is 10.5 Å². The fraction of sp³-hybridized carbons (Fsp3) is 0.174. The SMILES string of the molecule is C=CCOc1ccc(C=C2SC(=O)N(CC(=O)Nc3ccc(OC)c(Cl)c3)C2=O)cc1OC. The minimum absolute atomic E-state index is 0.196. The predicted molar refractivity (Wildman–Crippen MR) is 128 cm³/mol. The van der Waals surface area contributed by atoms with Crippen molar-refractivity contribution in [2.45, 2.75) is 0 Å². The third-order valence-electron chi connectivity index (χ3n) is 4.45. The summed E-state index contributed by atoms with van der Waals surface area (Å²) in [7, 11) is 2.98. The number of anilines is 1. The summed E-state index contributed by atoms with van der Waals surface area (Å²) in [6, 6.07) is 9.84. The number of carbonyl (C=O) groups is 3. The second-order valence-electron chi connectivity index (χ2n) is 6.68. The van der Waals surface area contributed by atoms with Crippen LogP contribution in [0.2, 0.25) is 5.02 Å². The minimum Gasteiger partial charge on any atom is -0.495 e. The van der Waals surface area contributed by atoms with Crippen LogP contribution in [0, 0.1) is 0 Å². The number of benzene rings is 2. The molecule has 172 valence electrons.